The fourth-order valence-electron chi connectivity index (χ4n) is 8.38. The van der Waals surface area contributed by atoms with E-state index in [4.69, 9.17) is 19.9 Å². The molecule has 28 nitrogen and oxygen atoms in total. The van der Waals surface area contributed by atoms with E-state index < -0.39 is 84.9 Å². The molecule has 2 saturated heterocycles. The van der Waals surface area contributed by atoms with Crippen LogP contribution in [0.3, 0.4) is 0 Å². The molecule has 88 heavy (non-hydrogen) atoms. The first-order valence-corrected chi connectivity index (χ1v) is 37.3. The second kappa shape index (κ2) is 33.1. The van der Waals surface area contributed by atoms with E-state index in [-0.39, 0.29) is 129 Å². The molecule has 8 rings (SSSR count). The van der Waals surface area contributed by atoms with Crippen molar-refractivity contribution in [1.82, 2.24) is 40.4 Å². The van der Waals surface area contributed by atoms with Crippen LogP contribution in [0, 0.1) is 13.8 Å². The summed E-state index contributed by atoms with van der Waals surface area (Å²) < 4.78 is 26.7. The number of thioether (sulfide) groups is 4. The summed E-state index contributed by atoms with van der Waals surface area (Å²) in [5.74, 6) is -6.76. The first kappa shape index (κ1) is 74.9. The Labute approximate surface area is 581 Å². The van der Waals surface area contributed by atoms with Crippen molar-refractivity contribution in [2.24, 2.45) is 10.3 Å². The van der Waals surface area contributed by atoms with E-state index in [0.717, 1.165) is 32.5 Å². The molecular formula is C48H56N12Na2O16P2S8. The van der Waals surface area contributed by atoms with Gasteiger partial charge in [0, 0.05) is 68.2 Å². The topological polar surface area (TPSA) is 407 Å². The van der Waals surface area contributed by atoms with Crippen LogP contribution in [0.15, 0.2) is 52.3 Å². The molecule has 4 atom stereocenters. The van der Waals surface area contributed by atoms with Crippen LogP contribution in [-0.2, 0) is 70.0 Å². The molecule has 0 aliphatic carbocycles. The van der Waals surface area contributed by atoms with Gasteiger partial charge in [0.25, 0.3) is 23.6 Å². The number of nitrogens with one attached hydrogen (secondary N) is 4. The number of anilines is 2. The minimum Gasteiger partial charge on any atom is -0.543 e. The standard InChI is InChI=1S/2C24H29N6O8PS4.2Na/c2*1-5-39(37,6-2)29-23-26-13(10-41-23)16(28-38-4)19(33)27-17-20(34)30-18(22(35)36)12(8-40-21(17)30)9-42-24-25-11(3)14(43-24)7-15(31)32;;/h2*10,17,21H,5-9H2,1-4H3,(H,27,33)(H,31,32)(H,35,36)(H,26,29,37);;/q;;2*+1/p-2/t2*17-,21-;;/m11../s1. The van der Waals surface area contributed by atoms with E-state index in [2.05, 4.69) is 51.1 Å². The van der Waals surface area contributed by atoms with Gasteiger partial charge in [-0.15, -0.1) is 68.9 Å². The Hall–Kier alpha value is -3.84. The third kappa shape index (κ3) is 17.8. The number of amides is 4. The molecule has 2 fully saturated rings. The average molecular weight is 1420 g/mol. The Morgan fingerprint density at radius 2 is 1.00 bits per heavy atom. The molecule has 0 spiro atoms. The summed E-state index contributed by atoms with van der Waals surface area (Å²) >= 11 is 9.83. The Kier molecular flexibility index (Phi) is 28.2. The van der Waals surface area contributed by atoms with Crippen LogP contribution in [0.4, 0.5) is 10.3 Å². The van der Waals surface area contributed by atoms with Crippen LogP contribution < -0.4 is 90.1 Å². The molecule has 4 aromatic heterocycles. The number of carbonyl (C=O) groups is 8. The zero-order valence-electron chi connectivity index (χ0n) is 48.9. The van der Waals surface area contributed by atoms with Gasteiger partial charge in [0.15, 0.2) is 45.0 Å². The van der Waals surface area contributed by atoms with Crippen molar-refractivity contribution in [2.45, 2.75) is 85.9 Å². The number of fused-ring (bicyclic) bond motifs is 2. The maximum absolute atomic E-state index is 13.2. The largest absolute Gasteiger partial charge is 1.00 e. The first-order chi connectivity index (χ1) is 40.8. The maximum atomic E-state index is 13.2. The van der Waals surface area contributed by atoms with Crippen molar-refractivity contribution in [3.05, 3.63) is 65.8 Å². The van der Waals surface area contributed by atoms with Crippen molar-refractivity contribution in [2.75, 3.05) is 72.1 Å². The number of thiazole rings is 4. The number of hydrogen-bond donors (Lipinski definition) is 6. The van der Waals surface area contributed by atoms with Crippen molar-refractivity contribution < 1.29 is 137 Å². The molecule has 8 heterocycles. The van der Waals surface area contributed by atoms with Gasteiger partial charge in [-0.1, -0.05) is 61.5 Å². The number of carboxylic acid groups (broad SMARTS) is 4. The van der Waals surface area contributed by atoms with Gasteiger partial charge in [-0.05, 0) is 25.0 Å². The molecule has 0 saturated carbocycles. The molecule has 4 aromatic rings. The van der Waals surface area contributed by atoms with E-state index in [9.17, 15) is 57.7 Å². The van der Waals surface area contributed by atoms with Crippen LogP contribution in [0.5, 0.6) is 0 Å². The molecule has 0 bridgehead atoms. The fraction of sp³-hybridized carbons (Fsp3) is 0.458. The van der Waals surface area contributed by atoms with Crippen LogP contribution in [0.2, 0.25) is 0 Å². The second-order valence-corrected chi connectivity index (χ2v) is 33.6. The monoisotopic (exact) mass is 1420 g/mol. The summed E-state index contributed by atoms with van der Waals surface area (Å²) in [7, 11) is -2.81. The van der Waals surface area contributed by atoms with Gasteiger partial charge in [0.05, 0.1) is 47.6 Å². The van der Waals surface area contributed by atoms with Gasteiger partial charge in [0.2, 0.25) is 0 Å². The third-order valence-electron chi connectivity index (χ3n) is 13.1. The molecule has 0 unspecified atom stereocenters. The maximum Gasteiger partial charge on any atom is 1.00 e. The molecule has 0 radical (unpaired) electrons. The normalized spacial score (nSPS) is 18.2. The predicted octanol–water partition coefficient (Wildman–Crippen LogP) is -2.37. The Balaban J connectivity index is 0.000000313. The zero-order chi connectivity index (χ0) is 62.9. The quantitative estimate of drug-likeness (QED) is 0.00864. The van der Waals surface area contributed by atoms with E-state index in [1.165, 1.54) is 83.9 Å². The number of nitrogens with zero attached hydrogens (tertiary/aromatic N) is 8. The third-order valence-corrected chi connectivity index (χ3v) is 27.7. The number of rotatable bonds is 28. The summed E-state index contributed by atoms with van der Waals surface area (Å²) in [4.78, 5) is 130. The Bertz CT molecular complexity index is 3340. The van der Waals surface area contributed by atoms with Gasteiger partial charge in [-0.3, -0.25) is 38.6 Å². The van der Waals surface area contributed by atoms with Gasteiger partial charge >= 0.3 is 71.1 Å². The number of aliphatic carboxylic acids is 4. The molecule has 0 aromatic carbocycles. The van der Waals surface area contributed by atoms with Gasteiger partial charge in [-0.2, -0.15) is 0 Å². The molecule has 40 heteroatoms. The van der Waals surface area contributed by atoms with Crippen molar-refractivity contribution in [1.29, 1.82) is 0 Å². The van der Waals surface area contributed by atoms with Crippen molar-refractivity contribution in [3.63, 3.8) is 0 Å². The summed E-state index contributed by atoms with van der Waals surface area (Å²) in [6.07, 6.45) is 1.41. The van der Waals surface area contributed by atoms with Gasteiger partial charge < -0.3 is 69.6 Å². The zero-order valence-corrected chi connectivity index (χ0v) is 61.2. The average Bonchev–Trinajstić information content (AvgIpc) is 1.27. The van der Waals surface area contributed by atoms with Gasteiger partial charge in [0.1, 0.15) is 48.4 Å². The SMILES string of the molecule is CCP(=O)(CC)Nc1nc(C(=NOC)C(=O)N[C@@H]2C(=O)N3C(C(=O)[O-])=C(CSc4nc(C)c(CC(=O)O)s4)CS[C@H]23)cs1.CCP(=O)(CC)Nc1nc(C(=NOC)C(=O)N[C@@H]2C(=O)N3C(C(=O)[O-])=C(CSc4nc(C)c(CC(=O)O)s4)CS[C@H]23)cs1.[Na+].[Na+]. The molecule has 464 valence electrons. The number of aromatic nitrogens is 4. The van der Waals surface area contributed by atoms with Crippen LogP contribution in [0.1, 0.15) is 60.2 Å². The number of oxime groups is 2. The fourth-order valence-corrected chi connectivity index (χ4v) is 20.6. The summed E-state index contributed by atoms with van der Waals surface area (Å²) in [6.45, 7) is 10.7. The van der Waals surface area contributed by atoms with Crippen LogP contribution in [-0.4, -0.2) is 184 Å². The van der Waals surface area contributed by atoms with E-state index in [1.54, 1.807) is 24.6 Å². The first-order valence-electron chi connectivity index (χ1n) is 25.7. The van der Waals surface area contributed by atoms with Gasteiger partial charge in [-0.25, -0.2) is 19.9 Å². The van der Waals surface area contributed by atoms with Crippen LogP contribution >= 0.6 is 107 Å². The van der Waals surface area contributed by atoms with Crippen LogP contribution in [0.25, 0.3) is 0 Å². The van der Waals surface area contributed by atoms with E-state index in [0.29, 0.717) is 75.9 Å². The van der Waals surface area contributed by atoms with E-state index in [1.807, 2.05) is 27.7 Å². The molecular weight excluding hydrogens is 1370 g/mol. The summed E-state index contributed by atoms with van der Waals surface area (Å²) in [5, 5.41) is 63.5. The Morgan fingerprint density at radius 3 is 1.31 bits per heavy atom. The number of aryl methyl sites for hydroxylation is 2. The Morgan fingerprint density at radius 1 is 0.648 bits per heavy atom. The number of carbonyl (C=O) groups excluding carboxylic acids is 6. The minimum atomic E-state index is -2.66. The van der Waals surface area contributed by atoms with Crippen molar-refractivity contribution in [3.8, 4) is 0 Å². The summed E-state index contributed by atoms with van der Waals surface area (Å²) in [5.41, 5.74) is 1.53. The molecule has 4 aliphatic rings. The van der Waals surface area contributed by atoms with E-state index >= 15 is 0 Å². The molecule has 4 amide bonds. The molecule has 4 aliphatic heterocycles. The number of carboxylic acids is 4. The summed E-state index contributed by atoms with van der Waals surface area (Å²) in [6, 6.07) is -2.06. The molecule has 6 N–H and O–H groups in total. The second-order valence-electron chi connectivity index (χ2n) is 18.5. The smallest absolute Gasteiger partial charge is 0.543 e. The predicted molar refractivity (Wildman–Crippen MR) is 328 cm³/mol. The van der Waals surface area contributed by atoms with Crippen molar-refractivity contribution >= 4 is 176 Å². The number of hydrogen-bond acceptors (Lipinski definition) is 28. The number of β-lactam (4-membered cyclic amide) rings is 2. The minimum absolute atomic E-state index is 0.